The van der Waals surface area contributed by atoms with Gasteiger partial charge in [0.25, 0.3) is 0 Å². The number of benzene rings is 2. The van der Waals surface area contributed by atoms with E-state index in [4.69, 9.17) is 9.47 Å². The number of carbonyl (C=O) groups excluding carboxylic acids is 1. The van der Waals surface area contributed by atoms with Crippen LogP contribution in [-0.2, 0) is 11.3 Å². The van der Waals surface area contributed by atoms with E-state index in [9.17, 15) is 14.3 Å². The Morgan fingerprint density at radius 2 is 1.66 bits per heavy atom. The van der Waals surface area contributed by atoms with E-state index in [-0.39, 0.29) is 22.9 Å². The number of halogens is 1. The third-order valence-corrected chi connectivity index (χ3v) is 7.51. The van der Waals surface area contributed by atoms with Crippen LogP contribution in [0.5, 0.6) is 17.2 Å². The average molecular weight is 520 g/mol. The number of nitrogens with zero attached hydrogens (tertiary/aromatic N) is 3. The van der Waals surface area contributed by atoms with Crippen molar-refractivity contribution in [2.24, 2.45) is 5.41 Å². The highest BCUT2D eigenvalue weighted by atomic mass is 19.1. The summed E-state index contributed by atoms with van der Waals surface area (Å²) in [4.78, 5) is 21.2. The summed E-state index contributed by atoms with van der Waals surface area (Å²) in [5, 5.41) is 9.53. The first-order valence-electron chi connectivity index (χ1n) is 13.3. The Bertz CT molecular complexity index is 1240. The molecule has 0 radical (unpaired) electrons. The van der Waals surface area contributed by atoms with Crippen LogP contribution in [0.1, 0.15) is 38.7 Å². The minimum atomic E-state index is -0.282. The zero-order valence-electron chi connectivity index (χ0n) is 22.0. The molecule has 3 heterocycles. The summed E-state index contributed by atoms with van der Waals surface area (Å²) < 4.78 is 25.6. The molecular weight excluding hydrogens is 485 g/mol. The summed E-state index contributed by atoms with van der Waals surface area (Å²) in [6.07, 6.45) is 3.76. The maximum Gasteiger partial charge on any atom is 0.228 e. The van der Waals surface area contributed by atoms with E-state index in [0.717, 1.165) is 60.7 Å². The Kier molecular flexibility index (Phi) is 7.51. The quantitative estimate of drug-likeness (QED) is 0.429. The van der Waals surface area contributed by atoms with Crippen molar-refractivity contribution in [1.29, 1.82) is 0 Å². The first-order chi connectivity index (χ1) is 18.4. The van der Waals surface area contributed by atoms with Gasteiger partial charge in [-0.25, -0.2) is 9.37 Å². The SMILES string of the molecule is CCOc1cc(CN2CCC3(CC2)CC(=O)N(c2ccc(O)cn2)C3)cc(OCC)c1-c1ccc(F)cc1. The van der Waals surface area contributed by atoms with Gasteiger partial charge in [0, 0.05) is 19.5 Å². The molecule has 0 atom stereocenters. The van der Waals surface area contributed by atoms with Gasteiger partial charge < -0.3 is 14.6 Å². The molecule has 1 amide bonds. The fourth-order valence-corrected chi connectivity index (χ4v) is 5.60. The molecule has 2 saturated heterocycles. The molecule has 2 aromatic carbocycles. The van der Waals surface area contributed by atoms with E-state index in [2.05, 4.69) is 22.0 Å². The third-order valence-electron chi connectivity index (χ3n) is 7.51. The van der Waals surface area contributed by atoms with Gasteiger partial charge in [-0.2, -0.15) is 0 Å². The van der Waals surface area contributed by atoms with E-state index in [1.165, 1.54) is 18.3 Å². The lowest BCUT2D eigenvalue weighted by molar-refractivity contribution is -0.118. The number of carbonyl (C=O) groups is 1. The smallest absolute Gasteiger partial charge is 0.228 e. The Morgan fingerprint density at radius 1 is 1.00 bits per heavy atom. The van der Waals surface area contributed by atoms with Gasteiger partial charge in [-0.3, -0.25) is 14.6 Å². The maximum atomic E-state index is 13.6. The molecular formula is C30H34FN3O4. The van der Waals surface area contributed by atoms with Crippen LogP contribution in [-0.4, -0.2) is 53.7 Å². The molecule has 0 aliphatic carbocycles. The van der Waals surface area contributed by atoms with E-state index < -0.39 is 0 Å². The minimum absolute atomic E-state index is 0.0491. The summed E-state index contributed by atoms with van der Waals surface area (Å²) in [6, 6.07) is 13.8. The van der Waals surface area contributed by atoms with Gasteiger partial charge in [-0.05, 0) is 92.7 Å². The Balaban J connectivity index is 1.31. The van der Waals surface area contributed by atoms with Crippen molar-refractivity contribution in [2.45, 2.75) is 39.7 Å². The Morgan fingerprint density at radius 3 is 2.24 bits per heavy atom. The molecule has 7 nitrogen and oxygen atoms in total. The number of likely N-dealkylation sites (tertiary alicyclic amines) is 1. The lowest BCUT2D eigenvalue weighted by atomic mass is 9.77. The molecule has 5 rings (SSSR count). The van der Waals surface area contributed by atoms with Gasteiger partial charge >= 0.3 is 0 Å². The molecule has 0 bridgehead atoms. The molecule has 0 saturated carbocycles. The zero-order valence-corrected chi connectivity index (χ0v) is 22.0. The van der Waals surface area contributed by atoms with Gasteiger partial charge in [-0.15, -0.1) is 0 Å². The first kappa shape index (κ1) is 26.0. The standard InChI is InChI=1S/C30H34FN3O4/c1-3-37-25-15-21(16-26(38-4-2)29(25)22-5-7-23(31)8-6-22)19-33-13-11-30(12-14-33)17-28(36)34(20-30)27-10-9-24(35)18-32-27/h5-10,15-16,18,35H,3-4,11-14,17,19-20H2,1-2H3. The normalized spacial score (nSPS) is 17.2. The summed E-state index contributed by atoms with van der Waals surface area (Å²) in [5.74, 6) is 1.96. The highest BCUT2D eigenvalue weighted by Gasteiger charge is 2.45. The highest BCUT2D eigenvalue weighted by Crippen LogP contribution is 2.44. The number of hydrogen-bond donors (Lipinski definition) is 1. The molecule has 3 aromatic rings. The minimum Gasteiger partial charge on any atom is -0.506 e. The Hall–Kier alpha value is -3.65. The van der Waals surface area contributed by atoms with E-state index in [1.807, 2.05) is 13.8 Å². The molecule has 0 unspecified atom stereocenters. The van der Waals surface area contributed by atoms with Crippen LogP contribution in [0.3, 0.4) is 0 Å². The molecule has 200 valence electrons. The molecule has 8 heteroatoms. The molecule has 1 spiro atoms. The number of anilines is 1. The molecule has 1 aromatic heterocycles. The summed E-state index contributed by atoms with van der Waals surface area (Å²) in [5.41, 5.74) is 2.73. The van der Waals surface area contributed by atoms with Gasteiger partial charge in [-0.1, -0.05) is 12.1 Å². The van der Waals surface area contributed by atoms with Crippen molar-refractivity contribution in [3.63, 3.8) is 0 Å². The number of amides is 1. The van der Waals surface area contributed by atoms with Crippen LogP contribution in [0.2, 0.25) is 0 Å². The van der Waals surface area contributed by atoms with Crippen molar-refractivity contribution < 1.29 is 23.8 Å². The number of aromatic hydroxyl groups is 1. The monoisotopic (exact) mass is 519 g/mol. The van der Waals surface area contributed by atoms with Gasteiger partial charge in [0.2, 0.25) is 5.91 Å². The second-order valence-electron chi connectivity index (χ2n) is 10.1. The van der Waals surface area contributed by atoms with Crippen LogP contribution >= 0.6 is 0 Å². The number of ether oxygens (including phenoxy) is 2. The van der Waals surface area contributed by atoms with Crippen molar-refractivity contribution in [1.82, 2.24) is 9.88 Å². The maximum absolute atomic E-state index is 13.6. The van der Waals surface area contributed by atoms with Crippen molar-refractivity contribution in [3.8, 4) is 28.4 Å². The van der Waals surface area contributed by atoms with Crippen LogP contribution in [0.15, 0.2) is 54.7 Å². The second kappa shape index (κ2) is 11.0. The highest BCUT2D eigenvalue weighted by molar-refractivity contribution is 5.95. The first-order valence-corrected chi connectivity index (χ1v) is 13.3. The number of pyridine rings is 1. The lowest BCUT2D eigenvalue weighted by Gasteiger charge is -2.38. The van der Waals surface area contributed by atoms with E-state index >= 15 is 0 Å². The predicted octanol–water partition coefficient (Wildman–Crippen LogP) is 5.41. The summed E-state index contributed by atoms with van der Waals surface area (Å²) in [6.45, 7) is 8.10. The third kappa shape index (κ3) is 5.45. The summed E-state index contributed by atoms with van der Waals surface area (Å²) in [7, 11) is 0. The van der Waals surface area contributed by atoms with E-state index in [1.54, 1.807) is 29.2 Å². The molecule has 38 heavy (non-hydrogen) atoms. The van der Waals surface area contributed by atoms with Crippen LogP contribution in [0.25, 0.3) is 11.1 Å². The largest absolute Gasteiger partial charge is 0.506 e. The topological polar surface area (TPSA) is 75.1 Å². The lowest BCUT2D eigenvalue weighted by Crippen LogP contribution is -2.41. The molecule has 2 fully saturated rings. The zero-order chi connectivity index (χ0) is 26.7. The van der Waals surface area contributed by atoms with E-state index in [0.29, 0.717) is 32.0 Å². The number of aromatic nitrogens is 1. The number of piperidine rings is 1. The van der Waals surface area contributed by atoms with Crippen molar-refractivity contribution >= 4 is 11.7 Å². The predicted molar refractivity (Wildman–Crippen MR) is 144 cm³/mol. The van der Waals surface area contributed by atoms with Gasteiger partial charge in [0.15, 0.2) is 0 Å². The molecule has 2 aliphatic rings. The van der Waals surface area contributed by atoms with Crippen LogP contribution in [0.4, 0.5) is 10.2 Å². The van der Waals surface area contributed by atoms with Gasteiger partial charge in [0.05, 0.1) is 25.0 Å². The van der Waals surface area contributed by atoms with Gasteiger partial charge in [0.1, 0.15) is 28.9 Å². The number of rotatable bonds is 8. The van der Waals surface area contributed by atoms with Crippen molar-refractivity contribution in [3.05, 3.63) is 66.1 Å². The second-order valence-corrected chi connectivity index (χ2v) is 10.1. The van der Waals surface area contributed by atoms with Crippen LogP contribution < -0.4 is 14.4 Å². The molecule has 2 aliphatic heterocycles. The van der Waals surface area contributed by atoms with Crippen LogP contribution in [0, 0.1) is 11.2 Å². The van der Waals surface area contributed by atoms with Crippen molar-refractivity contribution in [2.75, 3.05) is 37.7 Å². The molecule has 1 N–H and O–H groups in total. The number of hydrogen-bond acceptors (Lipinski definition) is 6. The fourth-order valence-electron chi connectivity index (χ4n) is 5.60. The Labute approximate surface area is 222 Å². The summed E-state index contributed by atoms with van der Waals surface area (Å²) >= 11 is 0. The average Bonchev–Trinajstić information content (AvgIpc) is 3.22. The fraction of sp³-hybridized carbons (Fsp3) is 0.400.